The Kier molecular flexibility index (Phi) is 5.00. The fourth-order valence-electron chi connectivity index (χ4n) is 1.75. The third kappa shape index (κ3) is 3.08. The van der Waals surface area contributed by atoms with Gasteiger partial charge in [-0.1, -0.05) is 42.5 Å². The number of carboxylic acid groups (broad SMARTS) is 1. The number of carbonyl (C=O) groups excluding carboxylic acids is 1. The number of benzene rings is 2. The molecular weight excluding hydrogens is 211 g/mol. The standard InChI is InChI=1S/C13H12O2.Na/c14-13(15)9-8-11-6-3-5-10-4-1-2-7-12(10)11;/h1-7H,8-9H2,(H,14,15);/q;+1/p-1. The van der Waals surface area contributed by atoms with Crippen LogP contribution < -0.4 is 34.7 Å². The summed E-state index contributed by atoms with van der Waals surface area (Å²) in [6.45, 7) is 0. The Hall–Kier alpha value is -0.830. The number of aryl methyl sites for hydroxylation is 1. The Morgan fingerprint density at radius 1 is 1.06 bits per heavy atom. The van der Waals surface area contributed by atoms with Crippen molar-refractivity contribution in [3.63, 3.8) is 0 Å². The SMILES string of the molecule is O=C([O-])CCc1cccc2ccccc12.[Na+]. The summed E-state index contributed by atoms with van der Waals surface area (Å²) in [4.78, 5) is 10.4. The molecule has 0 N–H and O–H groups in total. The predicted octanol–water partition coefficient (Wildman–Crippen LogP) is -1.47. The minimum absolute atomic E-state index is 0. The van der Waals surface area contributed by atoms with Crippen molar-refractivity contribution >= 4 is 16.7 Å². The Morgan fingerprint density at radius 3 is 2.50 bits per heavy atom. The molecule has 0 heterocycles. The third-order valence-corrected chi connectivity index (χ3v) is 2.48. The molecule has 0 radical (unpaired) electrons. The molecule has 2 rings (SSSR count). The van der Waals surface area contributed by atoms with E-state index in [4.69, 9.17) is 0 Å². The minimum Gasteiger partial charge on any atom is -0.550 e. The molecule has 0 atom stereocenters. The van der Waals surface area contributed by atoms with Crippen molar-refractivity contribution in [2.45, 2.75) is 12.8 Å². The molecule has 2 nitrogen and oxygen atoms in total. The van der Waals surface area contributed by atoms with Crippen LogP contribution >= 0.6 is 0 Å². The molecule has 0 saturated carbocycles. The maximum atomic E-state index is 10.4. The van der Waals surface area contributed by atoms with Gasteiger partial charge >= 0.3 is 29.6 Å². The van der Waals surface area contributed by atoms with E-state index in [-0.39, 0.29) is 36.0 Å². The number of hydrogen-bond acceptors (Lipinski definition) is 2. The van der Waals surface area contributed by atoms with Gasteiger partial charge in [0.2, 0.25) is 0 Å². The molecule has 0 aliphatic rings. The third-order valence-electron chi connectivity index (χ3n) is 2.48. The van der Waals surface area contributed by atoms with Crippen LogP contribution in [0.15, 0.2) is 42.5 Å². The second-order valence-corrected chi connectivity index (χ2v) is 3.51. The summed E-state index contributed by atoms with van der Waals surface area (Å²) >= 11 is 0. The summed E-state index contributed by atoms with van der Waals surface area (Å²) in [5.41, 5.74) is 1.07. The van der Waals surface area contributed by atoms with Crippen LogP contribution in [-0.2, 0) is 11.2 Å². The van der Waals surface area contributed by atoms with Gasteiger partial charge in [-0.25, -0.2) is 0 Å². The van der Waals surface area contributed by atoms with E-state index in [1.54, 1.807) is 0 Å². The molecule has 2 aromatic carbocycles. The quantitative estimate of drug-likeness (QED) is 0.595. The number of carboxylic acids is 1. The summed E-state index contributed by atoms with van der Waals surface area (Å²) in [5.74, 6) is -0.997. The zero-order valence-corrected chi connectivity index (χ0v) is 11.3. The molecule has 0 saturated heterocycles. The molecule has 16 heavy (non-hydrogen) atoms. The van der Waals surface area contributed by atoms with E-state index < -0.39 is 5.97 Å². The zero-order valence-electron chi connectivity index (χ0n) is 9.27. The van der Waals surface area contributed by atoms with Crippen LogP contribution in [-0.4, -0.2) is 5.97 Å². The maximum Gasteiger partial charge on any atom is 1.00 e. The van der Waals surface area contributed by atoms with Crippen molar-refractivity contribution < 1.29 is 39.5 Å². The number of aliphatic carboxylic acids is 1. The fraction of sp³-hybridized carbons (Fsp3) is 0.154. The first-order valence-electron chi connectivity index (χ1n) is 4.94. The van der Waals surface area contributed by atoms with Crippen molar-refractivity contribution in [2.24, 2.45) is 0 Å². The topological polar surface area (TPSA) is 40.1 Å². The van der Waals surface area contributed by atoms with Gasteiger partial charge in [0.1, 0.15) is 0 Å². The second kappa shape index (κ2) is 6.04. The molecule has 3 heteroatoms. The monoisotopic (exact) mass is 222 g/mol. The first-order chi connectivity index (χ1) is 7.27. The number of rotatable bonds is 3. The van der Waals surface area contributed by atoms with Gasteiger partial charge in [0.05, 0.1) is 0 Å². The van der Waals surface area contributed by atoms with Crippen molar-refractivity contribution in [3.8, 4) is 0 Å². The Morgan fingerprint density at radius 2 is 1.75 bits per heavy atom. The largest absolute Gasteiger partial charge is 1.00 e. The molecule has 76 valence electrons. The first kappa shape index (κ1) is 13.2. The molecule has 0 amide bonds. The summed E-state index contributed by atoms with van der Waals surface area (Å²) in [5, 5.41) is 12.7. The average Bonchev–Trinajstić information content (AvgIpc) is 2.26. The average molecular weight is 222 g/mol. The van der Waals surface area contributed by atoms with Crippen LogP contribution in [0.5, 0.6) is 0 Å². The summed E-state index contributed by atoms with van der Waals surface area (Å²) < 4.78 is 0. The molecule has 0 unspecified atom stereocenters. The van der Waals surface area contributed by atoms with Crippen LogP contribution in [0.25, 0.3) is 10.8 Å². The Balaban J connectivity index is 0.00000128. The molecule has 2 aromatic rings. The van der Waals surface area contributed by atoms with E-state index in [1.807, 2.05) is 42.5 Å². The van der Waals surface area contributed by atoms with E-state index in [2.05, 4.69) is 0 Å². The molecule has 0 bridgehead atoms. The zero-order chi connectivity index (χ0) is 10.7. The normalized spacial score (nSPS) is 9.75. The van der Waals surface area contributed by atoms with E-state index >= 15 is 0 Å². The minimum atomic E-state index is -0.997. The van der Waals surface area contributed by atoms with Crippen LogP contribution in [0.2, 0.25) is 0 Å². The molecule has 0 aromatic heterocycles. The summed E-state index contributed by atoms with van der Waals surface area (Å²) in [7, 11) is 0. The molecular formula is C13H11NaO2. The Bertz CT molecular complexity index is 489. The number of carbonyl (C=O) groups is 1. The first-order valence-corrected chi connectivity index (χ1v) is 4.94. The van der Waals surface area contributed by atoms with Gasteiger partial charge < -0.3 is 9.90 Å². The fourth-order valence-corrected chi connectivity index (χ4v) is 1.75. The van der Waals surface area contributed by atoms with Crippen molar-refractivity contribution in [2.75, 3.05) is 0 Å². The van der Waals surface area contributed by atoms with Gasteiger partial charge in [0, 0.05) is 5.97 Å². The van der Waals surface area contributed by atoms with E-state index in [9.17, 15) is 9.90 Å². The van der Waals surface area contributed by atoms with Gasteiger partial charge in [-0.15, -0.1) is 0 Å². The molecule has 0 aliphatic heterocycles. The van der Waals surface area contributed by atoms with Crippen LogP contribution in [0, 0.1) is 0 Å². The smallest absolute Gasteiger partial charge is 0.550 e. The molecule has 0 spiro atoms. The van der Waals surface area contributed by atoms with Gasteiger partial charge in [0.15, 0.2) is 0 Å². The predicted molar refractivity (Wildman–Crippen MR) is 57.3 cm³/mol. The van der Waals surface area contributed by atoms with Gasteiger partial charge in [0.25, 0.3) is 0 Å². The van der Waals surface area contributed by atoms with Crippen molar-refractivity contribution in [1.82, 2.24) is 0 Å². The van der Waals surface area contributed by atoms with Gasteiger partial charge in [-0.05, 0) is 29.2 Å². The van der Waals surface area contributed by atoms with E-state index in [0.717, 1.165) is 16.3 Å². The number of hydrogen-bond donors (Lipinski definition) is 0. The number of fused-ring (bicyclic) bond motifs is 1. The van der Waals surface area contributed by atoms with E-state index in [1.165, 1.54) is 0 Å². The summed E-state index contributed by atoms with van der Waals surface area (Å²) in [6.07, 6.45) is 0.609. The van der Waals surface area contributed by atoms with E-state index in [0.29, 0.717) is 6.42 Å². The van der Waals surface area contributed by atoms with Crippen molar-refractivity contribution in [1.29, 1.82) is 0 Å². The second-order valence-electron chi connectivity index (χ2n) is 3.51. The Labute approximate surface area is 117 Å². The summed E-state index contributed by atoms with van der Waals surface area (Å²) in [6, 6.07) is 13.9. The van der Waals surface area contributed by atoms with Crippen LogP contribution in [0.3, 0.4) is 0 Å². The maximum absolute atomic E-state index is 10.4. The van der Waals surface area contributed by atoms with Crippen LogP contribution in [0.4, 0.5) is 0 Å². The van der Waals surface area contributed by atoms with Crippen molar-refractivity contribution in [3.05, 3.63) is 48.0 Å². The molecule has 0 fully saturated rings. The van der Waals surface area contributed by atoms with Gasteiger partial charge in [-0.2, -0.15) is 0 Å². The molecule has 0 aliphatic carbocycles. The van der Waals surface area contributed by atoms with Crippen LogP contribution in [0.1, 0.15) is 12.0 Å². The van der Waals surface area contributed by atoms with Gasteiger partial charge in [-0.3, -0.25) is 0 Å².